The van der Waals surface area contributed by atoms with Crippen molar-refractivity contribution in [2.45, 2.75) is 17.5 Å². The minimum absolute atomic E-state index is 0.0840. The van der Waals surface area contributed by atoms with Crippen molar-refractivity contribution in [3.8, 4) is 0 Å². The molecular weight excluding hydrogens is 224 g/mol. The van der Waals surface area contributed by atoms with Gasteiger partial charge in [-0.05, 0) is 21.6 Å². The first kappa shape index (κ1) is 11.1. The van der Waals surface area contributed by atoms with Gasteiger partial charge < -0.3 is 5.11 Å². The van der Waals surface area contributed by atoms with Crippen LogP contribution in [0.3, 0.4) is 0 Å². The van der Waals surface area contributed by atoms with Crippen molar-refractivity contribution in [1.29, 1.82) is 0 Å². The molecule has 0 radical (unpaired) electrons. The molecule has 0 atom stereocenters. The van der Waals surface area contributed by atoms with Crippen molar-refractivity contribution >= 4 is 11.8 Å². The number of nitrogens with zero attached hydrogens (tertiary/aromatic N) is 4. The fourth-order valence-corrected chi connectivity index (χ4v) is 2.04. The van der Waals surface area contributed by atoms with E-state index >= 15 is 0 Å². The molecule has 0 aliphatic rings. The molecule has 0 amide bonds. The first-order valence-corrected chi connectivity index (χ1v) is 5.82. The maximum absolute atomic E-state index is 8.91. The zero-order valence-electron chi connectivity index (χ0n) is 8.87. The van der Waals surface area contributed by atoms with Crippen molar-refractivity contribution in [2.75, 3.05) is 0 Å². The van der Waals surface area contributed by atoms with Gasteiger partial charge in [-0.3, -0.25) is 0 Å². The van der Waals surface area contributed by atoms with Gasteiger partial charge in [0.15, 0.2) is 0 Å². The second-order valence-electron chi connectivity index (χ2n) is 3.35. The van der Waals surface area contributed by atoms with Gasteiger partial charge in [-0.1, -0.05) is 36.0 Å². The second-order valence-corrected chi connectivity index (χ2v) is 4.29. The number of aryl methyl sites for hydroxylation is 1. The van der Waals surface area contributed by atoms with Crippen LogP contribution in [0.1, 0.15) is 11.1 Å². The van der Waals surface area contributed by atoms with E-state index in [1.165, 1.54) is 5.56 Å². The van der Waals surface area contributed by atoms with Crippen LogP contribution in [-0.2, 0) is 19.4 Å². The summed E-state index contributed by atoms with van der Waals surface area (Å²) in [5.74, 6) is 0.819. The first-order valence-electron chi connectivity index (χ1n) is 4.83. The molecule has 84 valence electrons. The molecule has 0 saturated carbocycles. The standard InChI is InChI=1S/C10H12N4OS/c1-14-10(11-12-13-14)16-7-9-4-2-8(6-15)3-5-9/h2-5,15H,6-7H2,1H3. The topological polar surface area (TPSA) is 63.8 Å². The van der Waals surface area contributed by atoms with Gasteiger partial charge in [-0.15, -0.1) is 5.10 Å². The van der Waals surface area contributed by atoms with Gasteiger partial charge in [0.05, 0.1) is 6.61 Å². The molecule has 0 bridgehead atoms. The zero-order chi connectivity index (χ0) is 11.4. The van der Waals surface area contributed by atoms with Gasteiger partial charge in [0, 0.05) is 12.8 Å². The minimum Gasteiger partial charge on any atom is -0.392 e. The lowest BCUT2D eigenvalue weighted by Gasteiger charge is -2.01. The van der Waals surface area contributed by atoms with E-state index in [0.717, 1.165) is 16.5 Å². The molecule has 1 aromatic heterocycles. The van der Waals surface area contributed by atoms with Crippen molar-refractivity contribution in [3.05, 3.63) is 35.4 Å². The van der Waals surface area contributed by atoms with E-state index in [2.05, 4.69) is 15.5 Å². The Bertz CT molecular complexity index is 454. The molecule has 1 N–H and O–H groups in total. The number of aliphatic hydroxyl groups excluding tert-OH is 1. The van der Waals surface area contributed by atoms with Gasteiger partial charge >= 0.3 is 0 Å². The highest BCUT2D eigenvalue weighted by Crippen LogP contribution is 2.19. The molecule has 16 heavy (non-hydrogen) atoms. The Morgan fingerprint density at radius 1 is 1.25 bits per heavy atom. The fourth-order valence-electron chi connectivity index (χ4n) is 1.23. The Balaban J connectivity index is 1.97. The third-order valence-corrected chi connectivity index (χ3v) is 3.24. The highest BCUT2D eigenvalue weighted by molar-refractivity contribution is 7.98. The van der Waals surface area contributed by atoms with Gasteiger partial charge in [-0.25, -0.2) is 4.68 Å². The molecule has 5 nitrogen and oxygen atoms in total. The summed E-state index contributed by atoms with van der Waals surface area (Å²) in [6.07, 6.45) is 0. The van der Waals surface area contributed by atoms with Crippen LogP contribution in [0.4, 0.5) is 0 Å². The van der Waals surface area contributed by atoms with Gasteiger partial charge in [-0.2, -0.15) is 0 Å². The number of hydrogen-bond donors (Lipinski definition) is 1. The predicted molar refractivity (Wildman–Crippen MR) is 60.7 cm³/mol. The van der Waals surface area contributed by atoms with Crippen LogP contribution in [0.2, 0.25) is 0 Å². The van der Waals surface area contributed by atoms with Crippen molar-refractivity contribution in [2.24, 2.45) is 7.05 Å². The normalized spacial score (nSPS) is 10.6. The van der Waals surface area contributed by atoms with E-state index in [1.807, 2.05) is 31.3 Å². The van der Waals surface area contributed by atoms with E-state index in [4.69, 9.17) is 5.11 Å². The summed E-state index contributed by atoms with van der Waals surface area (Å²) in [4.78, 5) is 0. The van der Waals surface area contributed by atoms with Gasteiger partial charge in [0.25, 0.3) is 0 Å². The Morgan fingerprint density at radius 3 is 2.50 bits per heavy atom. The van der Waals surface area contributed by atoms with E-state index in [0.29, 0.717) is 0 Å². The first-order chi connectivity index (χ1) is 7.79. The molecule has 0 spiro atoms. The molecule has 1 heterocycles. The van der Waals surface area contributed by atoms with Crippen molar-refractivity contribution in [1.82, 2.24) is 20.2 Å². The lowest BCUT2D eigenvalue weighted by Crippen LogP contribution is -1.93. The molecule has 0 aliphatic carbocycles. The summed E-state index contributed by atoms with van der Waals surface area (Å²) in [6.45, 7) is 0.0840. The summed E-state index contributed by atoms with van der Waals surface area (Å²) < 4.78 is 1.65. The van der Waals surface area contributed by atoms with E-state index in [1.54, 1.807) is 16.4 Å². The fraction of sp³-hybridized carbons (Fsp3) is 0.300. The highest BCUT2D eigenvalue weighted by Gasteiger charge is 2.03. The summed E-state index contributed by atoms with van der Waals surface area (Å²) >= 11 is 1.58. The quantitative estimate of drug-likeness (QED) is 0.802. The third-order valence-electron chi connectivity index (χ3n) is 2.15. The monoisotopic (exact) mass is 236 g/mol. The number of rotatable bonds is 4. The van der Waals surface area contributed by atoms with E-state index < -0.39 is 0 Å². The third kappa shape index (κ3) is 2.59. The summed E-state index contributed by atoms with van der Waals surface area (Å²) in [5, 5.41) is 20.9. The molecule has 0 saturated heterocycles. The molecule has 0 fully saturated rings. The van der Waals surface area contributed by atoms with Crippen molar-refractivity contribution < 1.29 is 5.11 Å². The molecule has 2 rings (SSSR count). The number of aromatic nitrogens is 4. The van der Waals surface area contributed by atoms with Crippen LogP contribution < -0.4 is 0 Å². The average Bonchev–Trinajstić information content (AvgIpc) is 2.73. The number of aliphatic hydroxyl groups is 1. The number of benzene rings is 1. The van der Waals surface area contributed by atoms with Crippen molar-refractivity contribution in [3.63, 3.8) is 0 Å². The summed E-state index contributed by atoms with van der Waals surface area (Å²) in [6, 6.07) is 7.85. The maximum Gasteiger partial charge on any atom is 0.209 e. The SMILES string of the molecule is Cn1nnnc1SCc1ccc(CO)cc1. The molecule has 2 aromatic rings. The summed E-state index contributed by atoms with van der Waals surface area (Å²) in [5.41, 5.74) is 2.11. The van der Waals surface area contributed by atoms with Crippen LogP contribution >= 0.6 is 11.8 Å². The lowest BCUT2D eigenvalue weighted by molar-refractivity contribution is 0.282. The molecule has 0 aliphatic heterocycles. The smallest absolute Gasteiger partial charge is 0.209 e. The number of tetrazole rings is 1. The summed E-state index contributed by atoms with van der Waals surface area (Å²) in [7, 11) is 1.82. The molecular formula is C10H12N4OS. The Labute approximate surface area is 97.5 Å². The van der Waals surface area contributed by atoms with Crippen LogP contribution in [0.25, 0.3) is 0 Å². The lowest BCUT2D eigenvalue weighted by atomic mass is 10.2. The Morgan fingerprint density at radius 2 is 1.94 bits per heavy atom. The Kier molecular flexibility index (Phi) is 3.53. The van der Waals surface area contributed by atoms with Crippen LogP contribution in [0, 0.1) is 0 Å². The van der Waals surface area contributed by atoms with Crippen LogP contribution in [0.15, 0.2) is 29.4 Å². The minimum atomic E-state index is 0.0840. The molecule has 1 aromatic carbocycles. The van der Waals surface area contributed by atoms with E-state index in [-0.39, 0.29) is 6.61 Å². The highest BCUT2D eigenvalue weighted by atomic mass is 32.2. The Hall–Kier alpha value is -1.40. The second kappa shape index (κ2) is 5.09. The largest absolute Gasteiger partial charge is 0.392 e. The van der Waals surface area contributed by atoms with Crippen LogP contribution in [0.5, 0.6) is 0 Å². The van der Waals surface area contributed by atoms with Gasteiger partial charge in [0.2, 0.25) is 5.16 Å². The molecule has 0 unspecified atom stereocenters. The zero-order valence-corrected chi connectivity index (χ0v) is 9.68. The predicted octanol–water partition coefficient (Wildman–Crippen LogP) is 0.995. The van der Waals surface area contributed by atoms with Crippen LogP contribution in [-0.4, -0.2) is 25.3 Å². The number of hydrogen-bond acceptors (Lipinski definition) is 5. The number of thioether (sulfide) groups is 1. The van der Waals surface area contributed by atoms with Gasteiger partial charge in [0.1, 0.15) is 0 Å². The average molecular weight is 236 g/mol. The maximum atomic E-state index is 8.91. The van der Waals surface area contributed by atoms with E-state index in [9.17, 15) is 0 Å². The molecule has 6 heteroatoms.